The van der Waals surface area contributed by atoms with E-state index in [1.807, 2.05) is 31.2 Å². The number of aromatic carboxylic acids is 1. The maximum atomic E-state index is 11.2. The van der Waals surface area contributed by atoms with Gasteiger partial charge in [-0.1, -0.05) is 12.1 Å². The Hall–Kier alpha value is -2.96. The Morgan fingerprint density at radius 3 is 2.50 bits per heavy atom. The van der Waals surface area contributed by atoms with Crippen molar-refractivity contribution in [3.63, 3.8) is 0 Å². The molecule has 7 heteroatoms. The molecule has 1 aliphatic rings. The van der Waals surface area contributed by atoms with Gasteiger partial charge in [0.05, 0.1) is 23.1 Å². The first kappa shape index (κ1) is 16.5. The van der Waals surface area contributed by atoms with Gasteiger partial charge in [0, 0.05) is 0 Å². The Morgan fingerprint density at radius 2 is 1.85 bits per heavy atom. The van der Waals surface area contributed by atoms with Crippen LogP contribution in [0, 0.1) is 13.8 Å². The normalized spacial score (nSPS) is 14.8. The lowest BCUT2D eigenvalue weighted by molar-refractivity contribution is 0.0687. The second-order valence-corrected chi connectivity index (χ2v) is 6.68. The van der Waals surface area contributed by atoms with E-state index in [1.54, 1.807) is 11.4 Å². The summed E-state index contributed by atoms with van der Waals surface area (Å²) >= 11 is 0. The van der Waals surface area contributed by atoms with Crippen molar-refractivity contribution in [3.05, 3.63) is 41.3 Å². The van der Waals surface area contributed by atoms with Crippen LogP contribution >= 0.6 is 0 Å². The topological polar surface area (TPSA) is 89.6 Å². The van der Waals surface area contributed by atoms with Crippen LogP contribution in [0.3, 0.4) is 0 Å². The predicted molar refractivity (Wildman–Crippen MR) is 95.5 cm³/mol. The van der Waals surface area contributed by atoms with Gasteiger partial charge >= 0.3 is 5.97 Å². The summed E-state index contributed by atoms with van der Waals surface area (Å²) in [5.41, 5.74) is 3.49. The molecule has 0 spiro atoms. The largest absolute Gasteiger partial charge is 0.490 e. The summed E-state index contributed by atoms with van der Waals surface area (Å²) in [4.78, 5) is 11.2. The number of hydrogen-bond acceptors (Lipinski definition) is 5. The third-order valence-corrected chi connectivity index (χ3v) is 4.89. The first-order valence-corrected chi connectivity index (χ1v) is 8.77. The fourth-order valence-electron chi connectivity index (χ4n) is 3.55. The molecule has 7 nitrogen and oxygen atoms in total. The Bertz CT molecular complexity index is 973. The third-order valence-electron chi connectivity index (χ3n) is 4.89. The van der Waals surface area contributed by atoms with Gasteiger partial charge in [-0.3, -0.25) is 0 Å². The SMILES string of the molecule is Cc1nn2c(C)c(C(=O)O)nnc2c1-c1ccc(OC2CCCC2)cc1. The van der Waals surface area contributed by atoms with E-state index in [0.29, 0.717) is 17.4 Å². The summed E-state index contributed by atoms with van der Waals surface area (Å²) in [6.07, 6.45) is 5.04. The molecule has 0 bridgehead atoms. The molecular weight excluding hydrogens is 332 g/mol. The van der Waals surface area contributed by atoms with Crippen molar-refractivity contribution in [1.82, 2.24) is 19.8 Å². The van der Waals surface area contributed by atoms with Crippen LogP contribution in [0.25, 0.3) is 16.8 Å². The van der Waals surface area contributed by atoms with Gasteiger partial charge in [-0.15, -0.1) is 10.2 Å². The second kappa shape index (κ2) is 6.40. The molecule has 1 saturated carbocycles. The monoisotopic (exact) mass is 352 g/mol. The zero-order valence-corrected chi connectivity index (χ0v) is 14.8. The van der Waals surface area contributed by atoms with E-state index in [-0.39, 0.29) is 5.69 Å². The first-order valence-electron chi connectivity index (χ1n) is 8.77. The van der Waals surface area contributed by atoms with Gasteiger partial charge in [-0.25, -0.2) is 9.31 Å². The standard InChI is InChI=1S/C19H20N4O3/c1-11-16(18-21-20-17(19(24)25)12(2)23(18)22-11)13-7-9-15(10-8-13)26-14-5-3-4-6-14/h7-10,14H,3-6H2,1-2H3,(H,24,25). The molecule has 1 N–H and O–H groups in total. The fourth-order valence-corrected chi connectivity index (χ4v) is 3.55. The molecule has 1 aromatic carbocycles. The van der Waals surface area contributed by atoms with Crippen LogP contribution in [0.15, 0.2) is 24.3 Å². The van der Waals surface area contributed by atoms with Crippen LogP contribution < -0.4 is 4.74 Å². The molecule has 134 valence electrons. The highest BCUT2D eigenvalue weighted by Crippen LogP contribution is 2.30. The van der Waals surface area contributed by atoms with Crippen molar-refractivity contribution in [2.75, 3.05) is 0 Å². The number of aromatic nitrogens is 4. The second-order valence-electron chi connectivity index (χ2n) is 6.68. The lowest BCUT2D eigenvalue weighted by Gasteiger charge is -2.13. The molecule has 0 atom stereocenters. The van der Waals surface area contributed by atoms with Crippen molar-refractivity contribution in [2.45, 2.75) is 45.6 Å². The Labute approximate surface area is 150 Å². The summed E-state index contributed by atoms with van der Waals surface area (Å²) in [5.74, 6) is -0.245. The van der Waals surface area contributed by atoms with Gasteiger partial charge in [0.2, 0.25) is 0 Å². The summed E-state index contributed by atoms with van der Waals surface area (Å²) in [7, 11) is 0. The summed E-state index contributed by atoms with van der Waals surface area (Å²) in [6, 6.07) is 7.89. The van der Waals surface area contributed by atoms with Gasteiger partial charge in [-0.2, -0.15) is 5.10 Å². The van der Waals surface area contributed by atoms with E-state index >= 15 is 0 Å². The minimum atomic E-state index is -1.11. The maximum Gasteiger partial charge on any atom is 0.358 e. The minimum Gasteiger partial charge on any atom is -0.490 e. The predicted octanol–water partition coefficient (Wildman–Crippen LogP) is 3.43. The number of fused-ring (bicyclic) bond motifs is 1. The van der Waals surface area contributed by atoms with Crippen LogP contribution in [0.1, 0.15) is 47.6 Å². The average Bonchev–Trinajstić information content (AvgIpc) is 3.23. The Balaban J connectivity index is 1.71. The molecule has 26 heavy (non-hydrogen) atoms. The van der Waals surface area contributed by atoms with Crippen molar-refractivity contribution < 1.29 is 14.6 Å². The molecule has 0 radical (unpaired) electrons. The van der Waals surface area contributed by atoms with E-state index in [4.69, 9.17) is 4.74 Å². The van der Waals surface area contributed by atoms with Gasteiger partial charge < -0.3 is 9.84 Å². The summed E-state index contributed by atoms with van der Waals surface area (Å²) in [6.45, 7) is 3.56. The van der Waals surface area contributed by atoms with Gasteiger partial charge in [-0.05, 0) is 57.2 Å². The molecule has 1 aliphatic carbocycles. The lowest BCUT2D eigenvalue weighted by atomic mass is 10.1. The average molecular weight is 352 g/mol. The van der Waals surface area contributed by atoms with Gasteiger partial charge in [0.15, 0.2) is 11.3 Å². The summed E-state index contributed by atoms with van der Waals surface area (Å²) in [5, 5.41) is 21.6. The van der Waals surface area contributed by atoms with Crippen LogP contribution in [-0.4, -0.2) is 37.0 Å². The van der Waals surface area contributed by atoms with E-state index in [2.05, 4.69) is 15.3 Å². The van der Waals surface area contributed by atoms with Gasteiger partial charge in [0.25, 0.3) is 0 Å². The molecule has 4 rings (SSSR count). The third kappa shape index (κ3) is 2.79. The zero-order valence-electron chi connectivity index (χ0n) is 14.8. The lowest BCUT2D eigenvalue weighted by Crippen LogP contribution is -2.10. The highest BCUT2D eigenvalue weighted by atomic mass is 16.5. The van der Waals surface area contributed by atoms with Crippen molar-refractivity contribution in [1.29, 1.82) is 0 Å². The van der Waals surface area contributed by atoms with E-state index < -0.39 is 5.97 Å². The molecule has 1 fully saturated rings. The minimum absolute atomic E-state index is 0.0909. The molecular formula is C19H20N4O3. The number of nitrogens with zero attached hydrogens (tertiary/aromatic N) is 4. The van der Waals surface area contributed by atoms with Crippen LogP contribution in [0.4, 0.5) is 0 Å². The number of rotatable bonds is 4. The van der Waals surface area contributed by atoms with Crippen LogP contribution in [0.2, 0.25) is 0 Å². The zero-order chi connectivity index (χ0) is 18.3. The smallest absolute Gasteiger partial charge is 0.358 e. The molecule has 0 unspecified atom stereocenters. The number of hydrogen-bond donors (Lipinski definition) is 1. The molecule has 2 heterocycles. The van der Waals surface area contributed by atoms with Crippen molar-refractivity contribution in [2.24, 2.45) is 0 Å². The highest BCUT2D eigenvalue weighted by molar-refractivity contribution is 5.87. The molecule has 3 aromatic rings. The number of carboxylic acids is 1. The van der Waals surface area contributed by atoms with Crippen molar-refractivity contribution in [3.8, 4) is 16.9 Å². The molecule has 0 amide bonds. The van der Waals surface area contributed by atoms with Crippen LogP contribution in [0.5, 0.6) is 5.75 Å². The Morgan fingerprint density at radius 1 is 1.15 bits per heavy atom. The van der Waals surface area contributed by atoms with Crippen molar-refractivity contribution >= 4 is 11.6 Å². The van der Waals surface area contributed by atoms with Crippen LogP contribution in [-0.2, 0) is 0 Å². The number of aryl methyl sites for hydroxylation is 2. The summed E-state index contributed by atoms with van der Waals surface area (Å²) < 4.78 is 7.56. The number of benzene rings is 1. The number of carbonyl (C=O) groups is 1. The Kier molecular flexibility index (Phi) is 4.06. The molecule has 2 aromatic heterocycles. The quantitative estimate of drug-likeness (QED) is 0.774. The number of carboxylic acid groups (broad SMARTS) is 1. The highest BCUT2D eigenvalue weighted by Gasteiger charge is 2.20. The first-order chi connectivity index (χ1) is 12.5. The van der Waals surface area contributed by atoms with E-state index in [0.717, 1.165) is 35.4 Å². The molecule has 0 saturated heterocycles. The number of ether oxygens (including phenoxy) is 1. The maximum absolute atomic E-state index is 11.2. The van der Waals surface area contributed by atoms with Gasteiger partial charge in [0.1, 0.15) is 5.75 Å². The van der Waals surface area contributed by atoms with E-state index in [9.17, 15) is 9.90 Å². The van der Waals surface area contributed by atoms with E-state index in [1.165, 1.54) is 12.8 Å². The molecule has 0 aliphatic heterocycles. The fraction of sp³-hybridized carbons (Fsp3) is 0.368.